The molecular formula is C44H37N5. The maximum atomic E-state index is 9.37. The van der Waals surface area contributed by atoms with E-state index in [9.17, 15) is 10.5 Å². The van der Waals surface area contributed by atoms with Crippen molar-refractivity contribution in [2.75, 3.05) is 0 Å². The van der Waals surface area contributed by atoms with Gasteiger partial charge in [0, 0.05) is 16.7 Å². The summed E-state index contributed by atoms with van der Waals surface area (Å²) >= 11 is 0. The summed E-state index contributed by atoms with van der Waals surface area (Å²) in [7, 11) is 0. The minimum atomic E-state index is 0.293. The number of hydrogen-bond donors (Lipinski definition) is 0. The molecule has 238 valence electrons. The van der Waals surface area contributed by atoms with E-state index < -0.39 is 0 Å². The van der Waals surface area contributed by atoms with Gasteiger partial charge in [-0.05, 0) is 143 Å². The number of nitriles is 2. The molecule has 1 heterocycles. The molecule has 2 saturated carbocycles. The molecule has 2 unspecified atom stereocenters. The van der Waals surface area contributed by atoms with Crippen LogP contribution in [0.3, 0.4) is 0 Å². The molecule has 5 aromatic carbocycles. The lowest BCUT2D eigenvalue weighted by atomic mass is 9.54. The average Bonchev–Trinajstić information content (AvgIpc) is 3.13. The van der Waals surface area contributed by atoms with E-state index in [0.29, 0.717) is 34.0 Å². The van der Waals surface area contributed by atoms with Crippen LogP contribution in [0.4, 0.5) is 0 Å². The highest BCUT2D eigenvalue weighted by Gasteiger charge is 2.45. The largest absolute Gasteiger partial charge is 0.208 e. The predicted octanol–water partition coefficient (Wildman–Crippen LogP) is 10.5. The van der Waals surface area contributed by atoms with E-state index in [2.05, 4.69) is 80.6 Å². The highest BCUT2D eigenvalue weighted by molar-refractivity contribution is 5.99. The number of rotatable bonds is 5. The number of hydrogen-bond acceptors (Lipinski definition) is 5. The van der Waals surface area contributed by atoms with Gasteiger partial charge in [-0.1, -0.05) is 62.4 Å². The van der Waals surface area contributed by atoms with Gasteiger partial charge in [-0.3, -0.25) is 0 Å². The summed E-state index contributed by atoms with van der Waals surface area (Å²) in [6.45, 7) is 4.89. The van der Waals surface area contributed by atoms with Crippen molar-refractivity contribution in [2.24, 2.45) is 17.8 Å². The second-order valence-corrected chi connectivity index (χ2v) is 14.4. The molecule has 0 radical (unpaired) electrons. The van der Waals surface area contributed by atoms with Gasteiger partial charge in [0.2, 0.25) is 0 Å². The average molecular weight is 636 g/mol. The molecule has 2 aliphatic rings. The summed E-state index contributed by atoms with van der Waals surface area (Å²) in [5.41, 5.74) is 7.74. The number of benzene rings is 5. The van der Waals surface area contributed by atoms with Crippen LogP contribution < -0.4 is 0 Å². The Morgan fingerprint density at radius 3 is 1.67 bits per heavy atom. The molecule has 49 heavy (non-hydrogen) atoms. The maximum Gasteiger partial charge on any atom is 0.164 e. The molecule has 6 aromatic rings. The van der Waals surface area contributed by atoms with Gasteiger partial charge in [-0.25, -0.2) is 15.0 Å². The van der Waals surface area contributed by atoms with E-state index in [1.54, 1.807) is 24.3 Å². The molecule has 4 atom stereocenters. The van der Waals surface area contributed by atoms with Gasteiger partial charge in [0.15, 0.2) is 17.5 Å². The molecule has 0 spiro atoms. The molecule has 1 aromatic heterocycles. The smallest absolute Gasteiger partial charge is 0.164 e. The first kappa shape index (κ1) is 30.7. The van der Waals surface area contributed by atoms with Crippen LogP contribution in [0.1, 0.15) is 62.6 Å². The van der Waals surface area contributed by atoms with E-state index in [1.807, 2.05) is 30.3 Å². The minimum absolute atomic E-state index is 0.293. The van der Waals surface area contributed by atoms with Crippen molar-refractivity contribution >= 4 is 10.8 Å². The first-order valence-electron chi connectivity index (χ1n) is 17.3. The molecule has 5 nitrogen and oxygen atoms in total. The van der Waals surface area contributed by atoms with E-state index in [1.165, 1.54) is 43.2 Å². The third-order valence-electron chi connectivity index (χ3n) is 10.7. The van der Waals surface area contributed by atoms with Crippen molar-refractivity contribution in [1.29, 1.82) is 10.5 Å². The molecule has 2 bridgehead atoms. The molecule has 0 saturated heterocycles. The predicted molar refractivity (Wildman–Crippen MR) is 195 cm³/mol. The molecule has 8 rings (SSSR count). The van der Waals surface area contributed by atoms with Gasteiger partial charge in [-0.15, -0.1) is 0 Å². The second-order valence-electron chi connectivity index (χ2n) is 14.4. The highest BCUT2D eigenvalue weighted by atomic mass is 15.0. The van der Waals surface area contributed by atoms with Gasteiger partial charge in [0.25, 0.3) is 0 Å². The van der Waals surface area contributed by atoms with Crippen molar-refractivity contribution < 1.29 is 0 Å². The van der Waals surface area contributed by atoms with Crippen molar-refractivity contribution in [3.05, 3.63) is 126 Å². The standard InChI is InChI=1S/C44H37N5/c1-28-19-32-20-29(2)24-44(23-28,25-32)38-17-15-33(16-18-38)37-21-36-5-3-4-6-39(36)40(22-37)43-48-41(34-11-7-30(26-45)8-12-34)47-42(49-43)35-13-9-31(27-46)10-14-35/h3-18,21-22,28-29,32H,19-20,23-25H2,1-2H3/t28-,29+,32?,44?. The summed E-state index contributed by atoms with van der Waals surface area (Å²) in [6, 6.07) is 41.2. The minimum Gasteiger partial charge on any atom is -0.208 e. The van der Waals surface area contributed by atoms with Crippen LogP contribution in [0.2, 0.25) is 0 Å². The summed E-state index contributed by atoms with van der Waals surface area (Å²) < 4.78 is 0. The Hall–Kier alpha value is -5.65. The maximum absolute atomic E-state index is 9.37. The van der Waals surface area contributed by atoms with Gasteiger partial charge in [0.1, 0.15) is 0 Å². The quantitative estimate of drug-likeness (QED) is 0.188. The third-order valence-corrected chi connectivity index (χ3v) is 10.7. The van der Waals surface area contributed by atoms with Crippen LogP contribution in [0, 0.1) is 40.4 Å². The van der Waals surface area contributed by atoms with Crippen LogP contribution in [0.5, 0.6) is 0 Å². The lowest BCUT2D eigenvalue weighted by Gasteiger charge is -2.50. The van der Waals surface area contributed by atoms with Crippen LogP contribution in [0.15, 0.2) is 109 Å². The third kappa shape index (κ3) is 5.87. The van der Waals surface area contributed by atoms with Crippen molar-refractivity contribution in [3.8, 4) is 57.4 Å². The summed E-state index contributed by atoms with van der Waals surface area (Å²) in [4.78, 5) is 15.0. The van der Waals surface area contributed by atoms with Crippen LogP contribution in [-0.4, -0.2) is 15.0 Å². The normalized spacial score (nSPS) is 21.5. The fourth-order valence-corrected chi connectivity index (χ4v) is 8.88. The molecule has 2 fully saturated rings. The molecule has 5 heteroatoms. The van der Waals surface area contributed by atoms with Gasteiger partial charge in [-0.2, -0.15) is 10.5 Å². The Balaban J connectivity index is 1.25. The zero-order valence-corrected chi connectivity index (χ0v) is 27.9. The first-order valence-corrected chi connectivity index (χ1v) is 17.3. The van der Waals surface area contributed by atoms with E-state index in [0.717, 1.165) is 50.8 Å². The Bertz CT molecular complexity index is 2160. The van der Waals surface area contributed by atoms with E-state index >= 15 is 0 Å². The first-order chi connectivity index (χ1) is 23.9. The van der Waals surface area contributed by atoms with Gasteiger partial charge in [0.05, 0.1) is 23.3 Å². The van der Waals surface area contributed by atoms with Crippen molar-refractivity contribution in [3.63, 3.8) is 0 Å². The number of nitrogens with zero attached hydrogens (tertiary/aromatic N) is 5. The number of aromatic nitrogens is 3. The lowest BCUT2D eigenvalue weighted by molar-refractivity contribution is 0.0780. The summed E-state index contributed by atoms with van der Waals surface area (Å²) in [6.07, 6.45) is 6.65. The Labute approximate surface area is 288 Å². The highest BCUT2D eigenvalue weighted by Crippen LogP contribution is 2.54. The fraction of sp³-hybridized carbons (Fsp3) is 0.250. The molecule has 0 amide bonds. The van der Waals surface area contributed by atoms with Crippen LogP contribution >= 0.6 is 0 Å². The molecule has 2 aliphatic carbocycles. The fourth-order valence-electron chi connectivity index (χ4n) is 8.88. The van der Waals surface area contributed by atoms with Gasteiger partial charge >= 0.3 is 0 Å². The monoisotopic (exact) mass is 635 g/mol. The Morgan fingerprint density at radius 1 is 0.571 bits per heavy atom. The van der Waals surface area contributed by atoms with Gasteiger partial charge < -0.3 is 0 Å². The van der Waals surface area contributed by atoms with E-state index in [-0.39, 0.29) is 0 Å². The van der Waals surface area contributed by atoms with Crippen LogP contribution in [-0.2, 0) is 5.41 Å². The topological polar surface area (TPSA) is 86.2 Å². The molecule has 0 N–H and O–H groups in total. The second kappa shape index (κ2) is 12.4. The zero-order valence-electron chi connectivity index (χ0n) is 27.9. The zero-order chi connectivity index (χ0) is 33.5. The Morgan fingerprint density at radius 2 is 1.10 bits per heavy atom. The SMILES string of the molecule is C[C@@H]1CC2C[C@H](C)CC(c3ccc(-c4cc(-c5nc(-c6ccc(C#N)cc6)nc(-c6ccc(C#N)cc6)n5)c5ccccc5c4)cc3)(C2)C1. The van der Waals surface area contributed by atoms with Crippen LogP contribution in [0.25, 0.3) is 56.1 Å². The number of fused-ring (bicyclic) bond motifs is 3. The summed E-state index contributed by atoms with van der Waals surface area (Å²) in [5.74, 6) is 4.01. The molecule has 0 aliphatic heterocycles. The summed E-state index contributed by atoms with van der Waals surface area (Å²) in [5, 5.41) is 20.9. The van der Waals surface area contributed by atoms with Crippen molar-refractivity contribution in [2.45, 2.75) is 51.4 Å². The van der Waals surface area contributed by atoms with E-state index in [4.69, 9.17) is 15.0 Å². The Kier molecular flexibility index (Phi) is 7.77. The molecular weight excluding hydrogens is 599 g/mol. The lowest BCUT2D eigenvalue weighted by Crippen LogP contribution is -2.42. The van der Waals surface area contributed by atoms with Crippen molar-refractivity contribution in [1.82, 2.24) is 15.0 Å².